The summed E-state index contributed by atoms with van der Waals surface area (Å²) in [4.78, 5) is 43.9. The second-order valence-corrected chi connectivity index (χ2v) is 7.77. The van der Waals surface area contributed by atoms with Gasteiger partial charge in [0.15, 0.2) is 6.61 Å². The lowest BCUT2D eigenvalue weighted by molar-refractivity contribution is -0.119. The number of carbonyl (C=O) groups excluding carboxylic acids is 2. The minimum atomic E-state index is -0.652. The number of aromatic amines is 1. The molecule has 1 amide bonds. The molecule has 3 rings (SSSR count). The number of ether oxygens (including phenoxy) is 1. The van der Waals surface area contributed by atoms with Crippen molar-refractivity contribution in [2.24, 2.45) is 0 Å². The highest BCUT2D eigenvalue weighted by Crippen LogP contribution is 2.27. The molecule has 2 heterocycles. The molecule has 0 unspecified atom stereocenters. The molecule has 0 spiro atoms. The Morgan fingerprint density at radius 1 is 1.35 bits per heavy atom. The Morgan fingerprint density at radius 3 is 2.85 bits per heavy atom. The molecule has 0 bridgehead atoms. The molecule has 0 aliphatic carbocycles. The highest BCUT2D eigenvalue weighted by Gasteiger charge is 2.20. The number of rotatable bonds is 4. The highest BCUT2D eigenvalue weighted by atomic mass is 127. The summed E-state index contributed by atoms with van der Waals surface area (Å²) in [6, 6.07) is 7.27. The minimum Gasteiger partial charge on any atom is -0.451 e. The molecular weight excluding hydrogens is 469 g/mol. The van der Waals surface area contributed by atoms with Crippen LogP contribution in [0.1, 0.15) is 21.1 Å². The number of esters is 1. The van der Waals surface area contributed by atoms with Crippen LogP contribution in [0.5, 0.6) is 0 Å². The van der Waals surface area contributed by atoms with Crippen molar-refractivity contribution in [3.63, 3.8) is 0 Å². The van der Waals surface area contributed by atoms with E-state index < -0.39 is 18.5 Å². The van der Waals surface area contributed by atoms with Crippen molar-refractivity contribution in [2.45, 2.75) is 13.8 Å². The first-order chi connectivity index (χ1) is 12.3. The first kappa shape index (κ1) is 18.5. The first-order valence-corrected chi connectivity index (χ1v) is 9.47. The predicted octanol–water partition coefficient (Wildman–Crippen LogP) is 3.00. The molecule has 1 aromatic carbocycles. The molecule has 0 radical (unpaired) electrons. The van der Waals surface area contributed by atoms with Gasteiger partial charge in [-0.05, 0) is 60.2 Å². The molecule has 0 atom stereocenters. The number of H-pyrrole nitrogens is 1. The molecule has 0 aliphatic rings. The van der Waals surface area contributed by atoms with Gasteiger partial charge in [0.1, 0.15) is 15.5 Å². The Labute approximate surface area is 165 Å². The van der Waals surface area contributed by atoms with Crippen molar-refractivity contribution >= 4 is 61.7 Å². The van der Waals surface area contributed by atoms with Crippen molar-refractivity contribution in [2.75, 3.05) is 11.9 Å². The standard InChI is InChI=1S/C17H14IN3O4S/c1-8-13-15(23)19-9(2)20-16(13)26-14(8)17(24)25-7-12(22)21-11-5-3-4-10(18)6-11/h3-6H,7H2,1-2H3,(H,21,22)(H,19,20,23). The molecule has 0 saturated heterocycles. The van der Waals surface area contributed by atoms with Crippen LogP contribution in [0.25, 0.3) is 10.2 Å². The number of hydrogen-bond donors (Lipinski definition) is 2. The first-order valence-electron chi connectivity index (χ1n) is 7.57. The zero-order valence-electron chi connectivity index (χ0n) is 13.9. The predicted molar refractivity (Wildman–Crippen MR) is 108 cm³/mol. The topological polar surface area (TPSA) is 101 Å². The van der Waals surface area contributed by atoms with E-state index in [-0.39, 0.29) is 10.4 Å². The van der Waals surface area contributed by atoms with Crippen LogP contribution in [-0.4, -0.2) is 28.5 Å². The highest BCUT2D eigenvalue weighted by molar-refractivity contribution is 14.1. The van der Waals surface area contributed by atoms with Gasteiger partial charge >= 0.3 is 5.97 Å². The van der Waals surface area contributed by atoms with Crippen LogP contribution in [0.15, 0.2) is 29.1 Å². The third-order valence-electron chi connectivity index (χ3n) is 3.55. The van der Waals surface area contributed by atoms with E-state index in [1.54, 1.807) is 26.0 Å². The van der Waals surface area contributed by atoms with Crippen LogP contribution < -0.4 is 10.9 Å². The summed E-state index contributed by atoms with van der Waals surface area (Å²) in [5.74, 6) is -0.619. The number of fused-ring (bicyclic) bond motifs is 1. The van der Waals surface area contributed by atoms with E-state index in [2.05, 4.69) is 37.9 Å². The number of amides is 1. The van der Waals surface area contributed by atoms with Gasteiger partial charge in [-0.2, -0.15) is 0 Å². The normalized spacial score (nSPS) is 10.7. The van der Waals surface area contributed by atoms with E-state index in [0.717, 1.165) is 14.9 Å². The molecule has 0 aliphatic heterocycles. The summed E-state index contributed by atoms with van der Waals surface area (Å²) in [5, 5.41) is 3.03. The molecule has 9 heteroatoms. The monoisotopic (exact) mass is 483 g/mol. The van der Waals surface area contributed by atoms with Crippen LogP contribution in [0.4, 0.5) is 5.69 Å². The summed E-state index contributed by atoms with van der Waals surface area (Å²) < 4.78 is 6.07. The van der Waals surface area contributed by atoms with E-state index in [1.165, 1.54) is 0 Å². The lowest BCUT2D eigenvalue weighted by atomic mass is 10.2. The molecule has 2 N–H and O–H groups in total. The lowest BCUT2D eigenvalue weighted by Gasteiger charge is -2.06. The molecule has 26 heavy (non-hydrogen) atoms. The summed E-state index contributed by atoms with van der Waals surface area (Å²) in [6.07, 6.45) is 0. The van der Waals surface area contributed by atoms with Gasteiger partial charge in [0.25, 0.3) is 11.5 Å². The summed E-state index contributed by atoms with van der Waals surface area (Å²) in [7, 11) is 0. The Kier molecular flexibility index (Phi) is 5.37. The van der Waals surface area contributed by atoms with Crippen LogP contribution >= 0.6 is 33.9 Å². The van der Waals surface area contributed by atoms with Gasteiger partial charge in [-0.1, -0.05) is 6.07 Å². The van der Waals surface area contributed by atoms with Crippen molar-refractivity contribution in [1.29, 1.82) is 0 Å². The number of benzene rings is 1. The number of nitrogens with one attached hydrogen (secondary N) is 2. The number of hydrogen-bond acceptors (Lipinski definition) is 6. The van der Waals surface area contributed by atoms with Crippen molar-refractivity contribution in [3.8, 4) is 0 Å². The number of nitrogens with zero attached hydrogens (tertiary/aromatic N) is 1. The van der Waals surface area contributed by atoms with Gasteiger partial charge in [-0.25, -0.2) is 9.78 Å². The molecule has 134 valence electrons. The number of carbonyl (C=O) groups is 2. The molecule has 7 nitrogen and oxygen atoms in total. The van der Waals surface area contributed by atoms with E-state index in [9.17, 15) is 14.4 Å². The van der Waals surface area contributed by atoms with Crippen molar-refractivity contribution in [1.82, 2.24) is 9.97 Å². The smallest absolute Gasteiger partial charge is 0.349 e. The largest absolute Gasteiger partial charge is 0.451 e. The van der Waals surface area contributed by atoms with Crippen molar-refractivity contribution in [3.05, 3.63) is 54.5 Å². The van der Waals surface area contributed by atoms with E-state index in [0.29, 0.717) is 27.3 Å². The maximum absolute atomic E-state index is 12.3. The van der Waals surface area contributed by atoms with Crippen molar-refractivity contribution < 1.29 is 14.3 Å². The molecular formula is C17H14IN3O4S. The maximum atomic E-state index is 12.3. The van der Waals surface area contributed by atoms with E-state index in [1.807, 2.05) is 12.1 Å². The fourth-order valence-corrected chi connectivity index (χ4v) is 4.07. The van der Waals surface area contributed by atoms with Gasteiger partial charge in [0.2, 0.25) is 0 Å². The molecule has 0 fully saturated rings. The number of aromatic nitrogens is 2. The quantitative estimate of drug-likeness (QED) is 0.439. The third kappa shape index (κ3) is 3.93. The summed E-state index contributed by atoms with van der Waals surface area (Å²) in [5.41, 5.74) is 0.834. The minimum absolute atomic E-state index is 0.269. The molecule has 3 aromatic rings. The fourth-order valence-electron chi connectivity index (χ4n) is 2.41. The Bertz CT molecular complexity index is 1070. The SMILES string of the molecule is Cc1nc2sc(C(=O)OCC(=O)Nc3cccc(I)c3)c(C)c2c(=O)[nH]1. The van der Waals surface area contributed by atoms with Gasteiger partial charge in [-0.15, -0.1) is 11.3 Å². The Morgan fingerprint density at radius 2 is 2.12 bits per heavy atom. The summed E-state index contributed by atoms with van der Waals surface area (Å²) >= 11 is 3.22. The second-order valence-electron chi connectivity index (χ2n) is 5.52. The zero-order chi connectivity index (χ0) is 18.8. The second kappa shape index (κ2) is 7.54. The Balaban J connectivity index is 1.71. The van der Waals surface area contributed by atoms with Gasteiger partial charge < -0.3 is 15.0 Å². The fraction of sp³-hybridized carbons (Fsp3) is 0.176. The van der Waals surface area contributed by atoms with E-state index in [4.69, 9.17) is 4.74 Å². The van der Waals surface area contributed by atoms with Crippen LogP contribution in [-0.2, 0) is 9.53 Å². The average Bonchev–Trinajstić information content (AvgIpc) is 2.89. The third-order valence-corrected chi connectivity index (χ3v) is 5.38. The maximum Gasteiger partial charge on any atom is 0.349 e. The van der Waals surface area contributed by atoms with Crippen LogP contribution in [0, 0.1) is 17.4 Å². The molecule has 2 aromatic heterocycles. The summed E-state index contributed by atoms with van der Waals surface area (Å²) in [6.45, 7) is 2.91. The van der Waals surface area contributed by atoms with Crippen LogP contribution in [0.3, 0.4) is 0 Å². The van der Waals surface area contributed by atoms with Gasteiger partial charge in [0.05, 0.1) is 5.39 Å². The lowest BCUT2D eigenvalue weighted by Crippen LogP contribution is -2.21. The number of thiophene rings is 1. The van der Waals surface area contributed by atoms with Gasteiger partial charge in [0, 0.05) is 9.26 Å². The number of aryl methyl sites for hydroxylation is 2. The average molecular weight is 483 g/mol. The van der Waals surface area contributed by atoms with Crippen LogP contribution in [0.2, 0.25) is 0 Å². The van der Waals surface area contributed by atoms with E-state index >= 15 is 0 Å². The zero-order valence-corrected chi connectivity index (χ0v) is 16.9. The Hall–Kier alpha value is -2.27. The van der Waals surface area contributed by atoms with Gasteiger partial charge in [-0.3, -0.25) is 9.59 Å². The molecule has 0 saturated carbocycles. The number of anilines is 1. The number of halogens is 1.